The Labute approximate surface area is 220 Å². The standard InChI is InChI=1S/C26H22BrN3O7/c1-3-14-7-9-16(10-8-14)28-25(32)21-22(15-11-19(27)23(31)20(12-15)36-2)29(37-24(21)26(28)33)17-5-4-6-18(13-17)30(34)35/h4-13,21-22,24,31H,3H2,1-2H3/t21-,22-,24+/m1/s1. The molecule has 2 fully saturated rings. The van der Waals surface area contributed by atoms with Crippen molar-refractivity contribution < 1.29 is 29.2 Å². The summed E-state index contributed by atoms with van der Waals surface area (Å²) in [5.41, 5.74) is 2.14. The minimum Gasteiger partial charge on any atom is -0.503 e. The van der Waals surface area contributed by atoms with Crippen molar-refractivity contribution in [2.45, 2.75) is 25.5 Å². The number of imide groups is 1. The van der Waals surface area contributed by atoms with Crippen LogP contribution < -0.4 is 14.7 Å². The molecule has 10 nitrogen and oxygen atoms in total. The molecule has 2 amide bonds. The van der Waals surface area contributed by atoms with E-state index >= 15 is 0 Å². The van der Waals surface area contributed by atoms with Gasteiger partial charge in [-0.2, -0.15) is 0 Å². The van der Waals surface area contributed by atoms with Crippen LogP contribution in [0.25, 0.3) is 0 Å². The van der Waals surface area contributed by atoms with Gasteiger partial charge in [-0.05, 0) is 63.8 Å². The molecular weight excluding hydrogens is 546 g/mol. The van der Waals surface area contributed by atoms with E-state index in [1.54, 1.807) is 30.3 Å². The smallest absolute Gasteiger partial charge is 0.271 e. The lowest BCUT2D eigenvalue weighted by Crippen LogP contribution is -2.37. The predicted molar refractivity (Wildman–Crippen MR) is 137 cm³/mol. The number of phenols is 1. The number of hydroxylamine groups is 1. The van der Waals surface area contributed by atoms with Gasteiger partial charge in [-0.25, -0.2) is 9.96 Å². The molecule has 2 heterocycles. The fraction of sp³-hybridized carbons (Fsp3) is 0.231. The van der Waals surface area contributed by atoms with Crippen molar-refractivity contribution >= 4 is 44.8 Å². The van der Waals surface area contributed by atoms with Crippen molar-refractivity contribution in [1.82, 2.24) is 0 Å². The number of non-ortho nitro benzene ring substituents is 1. The van der Waals surface area contributed by atoms with Gasteiger partial charge in [0.2, 0.25) is 5.91 Å². The molecule has 0 saturated carbocycles. The van der Waals surface area contributed by atoms with Crippen LogP contribution in [0.1, 0.15) is 24.1 Å². The quantitative estimate of drug-likeness (QED) is 0.258. The van der Waals surface area contributed by atoms with Gasteiger partial charge in [-0.1, -0.05) is 25.1 Å². The summed E-state index contributed by atoms with van der Waals surface area (Å²) in [6.07, 6.45) is -0.338. The lowest BCUT2D eigenvalue weighted by Gasteiger charge is -2.29. The summed E-state index contributed by atoms with van der Waals surface area (Å²) in [4.78, 5) is 45.4. The lowest BCUT2D eigenvalue weighted by molar-refractivity contribution is -0.384. The van der Waals surface area contributed by atoms with Crippen LogP contribution in [-0.2, 0) is 20.8 Å². The first-order valence-electron chi connectivity index (χ1n) is 11.5. The molecule has 3 atom stereocenters. The first-order chi connectivity index (χ1) is 17.7. The molecule has 0 radical (unpaired) electrons. The van der Waals surface area contributed by atoms with E-state index in [0.717, 1.165) is 16.9 Å². The van der Waals surface area contributed by atoms with Gasteiger partial charge in [0.1, 0.15) is 5.92 Å². The Hall–Kier alpha value is -3.96. The number of rotatable bonds is 6. The van der Waals surface area contributed by atoms with Crippen LogP contribution in [-0.4, -0.2) is 35.1 Å². The number of fused-ring (bicyclic) bond motifs is 1. The zero-order chi connectivity index (χ0) is 26.4. The second kappa shape index (κ2) is 9.49. The number of nitro benzene ring substituents is 1. The summed E-state index contributed by atoms with van der Waals surface area (Å²) in [6.45, 7) is 2.01. The number of aryl methyl sites for hydroxylation is 1. The number of nitrogens with zero attached hydrogens (tertiary/aromatic N) is 3. The van der Waals surface area contributed by atoms with E-state index in [1.807, 2.05) is 19.1 Å². The van der Waals surface area contributed by atoms with Gasteiger partial charge in [0, 0.05) is 12.1 Å². The summed E-state index contributed by atoms with van der Waals surface area (Å²) in [5, 5.41) is 23.1. The van der Waals surface area contributed by atoms with E-state index in [2.05, 4.69) is 15.9 Å². The second-order valence-electron chi connectivity index (χ2n) is 8.68. The number of carbonyl (C=O) groups excluding carboxylic acids is 2. The third-order valence-corrected chi connectivity index (χ3v) is 7.23. The molecule has 0 unspecified atom stereocenters. The number of ether oxygens (including phenoxy) is 1. The Morgan fingerprint density at radius 1 is 1.08 bits per heavy atom. The maximum Gasteiger partial charge on any atom is 0.271 e. The second-order valence-corrected chi connectivity index (χ2v) is 9.54. The largest absolute Gasteiger partial charge is 0.503 e. The van der Waals surface area contributed by atoms with Crippen molar-refractivity contribution in [1.29, 1.82) is 0 Å². The van der Waals surface area contributed by atoms with E-state index in [0.29, 0.717) is 21.4 Å². The maximum absolute atomic E-state index is 13.8. The van der Waals surface area contributed by atoms with E-state index in [4.69, 9.17) is 9.57 Å². The molecule has 2 aliphatic rings. The monoisotopic (exact) mass is 567 g/mol. The average Bonchev–Trinajstić information content (AvgIpc) is 3.41. The highest BCUT2D eigenvalue weighted by Crippen LogP contribution is 2.50. The summed E-state index contributed by atoms with van der Waals surface area (Å²) in [7, 11) is 1.39. The molecule has 37 heavy (non-hydrogen) atoms. The zero-order valence-electron chi connectivity index (χ0n) is 19.8. The van der Waals surface area contributed by atoms with Crippen molar-refractivity contribution in [3.63, 3.8) is 0 Å². The molecular formula is C26H22BrN3O7. The van der Waals surface area contributed by atoms with Crippen molar-refractivity contribution in [2.24, 2.45) is 5.92 Å². The number of hydrogen-bond donors (Lipinski definition) is 1. The molecule has 190 valence electrons. The number of carbonyl (C=O) groups is 2. The number of halogens is 1. The zero-order valence-corrected chi connectivity index (χ0v) is 21.4. The van der Waals surface area contributed by atoms with Crippen LogP contribution in [0.2, 0.25) is 0 Å². The maximum atomic E-state index is 13.8. The highest BCUT2D eigenvalue weighted by atomic mass is 79.9. The molecule has 0 spiro atoms. The van der Waals surface area contributed by atoms with Gasteiger partial charge in [-0.15, -0.1) is 0 Å². The van der Waals surface area contributed by atoms with E-state index in [9.17, 15) is 24.8 Å². The Bertz CT molecular complexity index is 1410. The van der Waals surface area contributed by atoms with Crippen molar-refractivity contribution in [2.75, 3.05) is 17.1 Å². The molecule has 5 rings (SSSR count). The van der Waals surface area contributed by atoms with Crippen molar-refractivity contribution in [3.8, 4) is 11.5 Å². The number of anilines is 2. The minimum atomic E-state index is -1.15. The van der Waals surface area contributed by atoms with E-state index in [1.165, 1.54) is 30.4 Å². The first kappa shape index (κ1) is 24.7. The van der Waals surface area contributed by atoms with Gasteiger partial charge in [-0.3, -0.25) is 24.5 Å². The summed E-state index contributed by atoms with van der Waals surface area (Å²) >= 11 is 3.31. The van der Waals surface area contributed by atoms with Crippen LogP contribution in [0.3, 0.4) is 0 Å². The minimum absolute atomic E-state index is 0.130. The number of methoxy groups -OCH3 is 1. The first-order valence-corrected chi connectivity index (χ1v) is 12.3. The van der Waals surface area contributed by atoms with Crippen LogP contribution in [0.15, 0.2) is 65.1 Å². The summed E-state index contributed by atoms with van der Waals surface area (Å²) in [5.74, 6) is -1.92. The van der Waals surface area contributed by atoms with E-state index in [-0.39, 0.29) is 17.2 Å². The molecule has 11 heteroatoms. The van der Waals surface area contributed by atoms with Crippen LogP contribution in [0.4, 0.5) is 17.1 Å². The molecule has 3 aromatic rings. The average molecular weight is 568 g/mol. The Balaban J connectivity index is 1.62. The SMILES string of the molecule is CCc1ccc(N2C(=O)[C@H]3[C@H](ON(c4cccc([N+](=O)[O-])c4)[C@@H]3c3cc(Br)c(O)c(OC)c3)C2=O)cc1. The predicted octanol–water partition coefficient (Wildman–Crippen LogP) is 4.69. The fourth-order valence-corrected chi connectivity index (χ4v) is 5.24. The van der Waals surface area contributed by atoms with Crippen molar-refractivity contribution in [3.05, 3.63) is 86.4 Å². The number of benzene rings is 3. The number of hydrogen-bond acceptors (Lipinski definition) is 8. The highest BCUT2D eigenvalue weighted by Gasteiger charge is 2.60. The molecule has 2 aliphatic heterocycles. The van der Waals surface area contributed by atoms with Gasteiger partial charge < -0.3 is 9.84 Å². The van der Waals surface area contributed by atoms with Crippen LogP contribution in [0.5, 0.6) is 11.5 Å². The molecule has 3 aromatic carbocycles. The topological polar surface area (TPSA) is 122 Å². The van der Waals surface area contributed by atoms with Gasteiger partial charge in [0.15, 0.2) is 17.6 Å². The lowest BCUT2D eigenvalue weighted by atomic mass is 9.90. The third kappa shape index (κ3) is 4.09. The fourth-order valence-electron chi connectivity index (χ4n) is 4.78. The number of amides is 2. The normalized spacial score (nSPS) is 20.9. The van der Waals surface area contributed by atoms with E-state index < -0.39 is 34.8 Å². The van der Waals surface area contributed by atoms with Gasteiger partial charge in [0.05, 0.1) is 33.9 Å². The van der Waals surface area contributed by atoms with Gasteiger partial charge >= 0.3 is 0 Å². The Morgan fingerprint density at radius 2 is 1.81 bits per heavy atom. The number of nitro groups is 1. The molecule has 2 saturated heterocycles. The summed E-state index contributed by atoms with van der Waals surface area (Å²) < 4.78 is 5.61. The van der Waals surface area contributed by atoms with Crippen LogP contribution in [0, 0.1) is 16.0 Å². The molecule has 0 aliphatic carbocycles. The van der Waals surface area contributed by atoms with Crippen LogP contribution >= 0.6 is 15.9 Å². The third-order valence-electron chi connectivity index (χ3n) is 6.63. The van der Waals surface area contributed by atoms with Gasteiger partial charge in [0.25, 0.3) is 11.6 Å². The Morgan fingerprint density at radius 3 is 2.46 bits per heavy atom. The highest BCUT2D eigenvalue weighted by molar-refractivity contribution is 9.10. The number of aromatic hydroxyl groups is 1. The number of phenolic OH excluding ortho intramolecular Hbond substituents is 1. The molecule has 0 aromatic heterocycles. The Kier molecular flexibility index (Phi) is 6.34. The molecule has 1 N–H and O–H groups in total. The summed E-state index contributed by atoms with van der Waals surface area (Å²) in [6, 6.07) is 15.2. The molecule has 0 bridgehead atoms.